The molecule has 0 atom stereocenters. The molecule has 0 aliphatic carbocycles. The fourth-order valence-electron chi connectivity index (χ4n) is 1.80. The molecule has 0 spiro atoms. The standard InChI is InChI=1S/C11H16N4/c1-8(2)15-10(7-12-3)14-9-5-4-6-13-11(9)15/h4-6,8,12H,7H2,1-3H3. The van der Waals surface area contributed by atoms with E-state index in [9.17, 15) is 0 Å². The summed E-state index contributed by atoms with van der Waals surface area (Å²) in [6.45, 7) is 5.07. The van der Waals surface area contributed by atoms with Crippen LogP contribution in [0.3, 0.4) is 0 Å². The van der Waals surface area contributed by atoms with Crippen LogP contribution in [0.2, 0.25) is 0 Å². The van der Waals surface area contributed by atoms with Gasteiger partial charge in [-0.1, -0.05) is 0 Å². The van der Waals surface area contributed by atoms with Crippen LogP contribution in [0, 0.1) is 0 Å². The molecule has 0 aliphatic rings. The minimum absolute atomic E-state index is 0.383. The number of rotatable bonds is 3. The van der Waals surface area contributed by atoms with E-state index in [4.69, 9.17) is 0 Å². The lowest BCUT2D eigenvalue weighted by molar-refractivity contribution is 0.566. The van der Waals surface area contributed by atoms with Crippen molar-refractivity contribution >= 4 is 11.2 Å². The number of nitrogens with zero attached hydrogens (tertiary/aromatic N) is 3. The van der Waals surface area contributed by atoms with Crippen LogP contribution in [0.1, 0.15) is 25.7 Å². The zero-order valence-electron chi connectivity index (χ0n) is 9.36. The van der Waals surface area contributed by atoms with E-state index in [1.165, 1.54) is 0 Å². The Labute approximate surface area is 89.3 Å². The van der Waals surface area contributed by atoms with Gasteiger partial charge in [-0.05, 0) is 33.0 Å². The maximum atomic E-state index is 4.56. The molecule has 15 heavy (non-hydrogen) atoms. The highest BCUT2D eigenvalue weighted by Gasteiger charge is 2.12. The fourth-order valence-corrected chi connectivity index (χ4v) is 1.80. The summed E-state index contributed by atoms with van der Waals surface area (Å²) in [6, 6.07) is 4.30. The molecule has 0 bridgehead atoms. The summed E-state index contributed by atoms with van der Waals surface area (Å²) in [7, 11) is 1.93. The van der Waals surface area contributed by atoms with E-state index in [-0.39, 0.29) is 0 Å². The van der Waals surface area contributed by atoms with Gasteiger partial charge in [0.15, 0.2) is 5.65 Å². The number of aromatic nitrogens is 3. The Morgan fingerprint density at radius 1 is 1.47 bits per heavy atom. The van der Waals surface area contributed by atoms with Crippen LogP contribution in [0.25, 0.3) is 11.2 Å². The van der Waals surface area contributed by atoms with Gasteiger partial charge < -0.3 is 9.88 Å². The molecule has 0 aromatic carbocycles. The van der Waals surface area contributed by atoms with Crippen LogP contribution in [0.15, 0.2) is 18.3 Å². The molecule has 2 heterocycles. The van der Waals surface area contributed by atoms with Gasteiger partial charge in [-0.2, -0.15) is 0 Å². The Balaban J connectivity index is 2.63. The van der Waals surface area contributed by atoms with E-state index in [0.717, 1.165) is 23.5 Å². The zero-order chi connectivity index (χ0) is 10.8. The third kappa shape index (κ3) is 1.72. The van der Waals surface area contributed by atoms with Gasteiger partial charge in [-0.15, -0.1) is 0 Å². The van der Waals surface area contributed by atoms with Crippen molar-refractivity contribution in [2.45, 2.75) is 26.4 Å². The average Bonchev–Trinajstić information content (AvgIpc) is 2.56. The molecule has 0 fully saturated rings. The SMILES string of the molecule is CNCc1nc2cccnc2n1C(C)C. The normalized spacial score (nSPS) is 11.5. The van der Waals surface area contributed by atoms with E-state index in [1.807, 2.05) is 25.4 Å². The van der Waals surface area contributed by atoms with Crippen molar-refractivity contribution in [1.82, 2.24) is 19.9 Å². The van der Waals surface area contributed by atoms with Crippen molar-refractivity contribution in [3.8, 4) is 0 Å². The molecule has 0 amide bonds. The summed E-state index contributed by atoms with van der Waals surface area (Å²) in [6.07, 6.45) is 1.81. The monoisotopic (exact) mass is 204 g/mol. The molecule has 1 N–H and O–H groups in total. The van der Waals surface area contributed by atoms with Crippen molar-refractivity contribution in [2.24, 2.45) is 0 Å². The third-order valence-electron chi connectivity index (χ3n) is 2.37. The van der Waals surface area contributed by atoms with Crippen molar-refractivity contribution < 1.29 is 0 Å². The molecule has 0 unspecified atom stereocenters. The number of imidazole rings is 1. The summed E-state index contributed by atoms with van der Waals surface area (Å²) >= 11 is 0. The minimum atomic E-state index is 0.383. The molecule has 4 nitrogen and oxygen atoms in total. The molecule has 2 rings (SSSR count). The highest BCUT2D eigenvalue weighted by atomic mass is 15.2. The second-order valence-corrected chi connectivity index (χ2v) is 3.87. The minimum Gasteiger partial charge on any atom is -0.313 e. The largest absolute Gasteiger partial charge is 0.313 e. The topological polar surface area (TPSA) is 42.7 Å². The first kappa shape index (κ1) is 10.1. The summed E-state index contributed by atoms with van der Waals surface area (Å²) < 4.78 is 2.17. The molecule has 0 saturated carbocycles. The van der Waals surface area contributed by atoms with Crippen LogP contribution >= 0.6 is 0 Å². The molecule has 2 aromatic rings. The predicted molar refractivity (Wildman–Crippen MR) is 60.7 cm³/mol. The lowest BCUT2D eigenvalue weighted by Crippen LogP contribution is -2.14. The molecular weight excluding hydrogens is 188 g/mol. The summed E-state index contributed by atoms with van der Waals surface area (Å²) in [5, 5.41) is 3.13. The Hall–Kier alpha value is -1.42. The van der Waals surface area contributed by atoms with E-state index in [0.29, 0.717) is 6.04 Å². The van der Waals surface area contributed by atoms with Crippen LogP contribution in [0.4, 0.5) is 0 Å². The summed E-state index contributed by atoms with van der Waals surface area (Å²) in [5.41, 5.74) is 1.94. The predicted octanol–water partition coefficient (Wildman–Crippen LogP) is 1.73. The Bertz CT molecular complexity index is 459. The van der Waals surface area contributed by atoms with Gasteiger partial charge in [-0.3, -0.25) is 0 Å². The molecule has 0 radical (unpaired) electrons. The molecule has 80 valence electrons. The molecule has 4 heteroatoms. The Kier molecular flexibility index (Phi) is 2.68. The van der Waals surface area contributed by atoms with Gasteiger partial charge in [0.1, 0.15) is 11.3 Å². The molecule has 0 saturated heterocycles. The van der Waals surface area contributed by atoms with Crippen LogP contribution in [-0.2, 0) is 6.54 Å². The second-order valence-electron chi connectivity index (χ2n) is 3.87. The lowest BCUT2D eigenvalue weighted by atomic mass is 10.3. The smallest absolute Gasteiger partial charge is 0.160 e. The van der Waals surface area contributed by atoms with Gasteiger partial charge >= 0.3 is 0 Å². The first-order valence-electron chi connectivity index (χ1n) is 5.20. The van der Waals surface area contributed by atoms with Gasteiger partial charge in [0, 0.05) is 12.2 Å². The van der Waals surface area contributed by atoms with Crippen molar-refractivity contribution in [3.05, 3.63) is 24.2 Å². The number of nitrogens with one attached hydrogen (secondary N) is 1. The maximum absolute atomic E-state index is 4.56. The highest BCUT2D eigenvalue weighted by molar-refractivity contribution is 5.71. The Morgan fingerprint density at radius 3 is 2.93 bits per heavy atom. The first-order chi connectivity index (χ1) is 7.24. The summed E-state index contributed by atoms with van der Waals surface area (Å²) in [5.74, 6) is 1.04. The van der Waals surface area contributed by atoms with Crippen molar-refractivity contribution in [1.29, 1.82) is 0 Å². The summed E-state index contributed by atoms with van der Waals surface area (Å²) in [4.78, 5) is 8.94. The lowest BCUT2D eigenvalue weighted by Gasteiger charge is -2.11. The zero-order valence-corrected chi connectivity index (χ0v) is 9.36. The quantitative estimate of drug-likeness (QED) is 0.828. The third-order valence-corrected chi connectivity index (χ3v) is 2.37. The van der Waals surface area contributed by atoms with Crippen LogP contribution in [-0.4, -0.2) is 21.6 Å². The van der Waals surface area contributed by atoms with Gasteiger partial charge in [0.2, 0.25) is 0 Å². The van der Waals surface area contributed by atoms with Gasteiger partial charge in [0.25, 0.3) is 0 Å². The second kappa shape index (κ2) is 3.98. The van der Waals surface area contributed by atoms with Crippen molar-refractivity contribution in [3.63, 3.8) is 0 Å². The first-order valence-corrected chi connectivity index (χ1v) is 5.20. The maximum Gasteiger partial charge on any atom is 0.160 e. The fraction of sp³-hybridized carbons (Fsp3) is 0.455. The van der Waals surface area contributed by atoms with Crippen LogP contribution in [0.5, 0.6) is 0 Å². The van der Waals surface area contributed by atoms with E-state index >= 15 is 0 Å². The Morgan fingerprint density at radius 2 is 2.27 bits per heavy atom. The number of pyridine rings is 1. The van der Waals surface area contributed by atoms with Gasteiger partial charge in [-0.25, -0.2) is 9.97 Å². The van der Waals surface area contributed by atoms with E-state index in [1.54, 1.807) is 0 Å². The van der Waals surface area contributed by atoms with Crippen LogP contribution < -0.4 is 5.32 Å². The number of hydrogen-bond donors (Lipinski definition) is 1. The van der Waals surface area contributed by atoms with Crippen molar-refractivity contribution in [2.75, 3.05) is 7.05 Å². The average molecular weight is 204 g/mol. The number of hydrogen-bond acceptors (Lipinski definition) is 3. The van der Waals surface area contributed by atoms with E-state index in [2.05, 4.69) is 33.7 Å². The molecule has 0 aliphatic heterocycles. The van der Waals surface area contributed by atoms with E-state index < -0.39 is 0 Å². The molecule has 2 aromatic heterocycles. The number of fused-ring (bicyclic) bond motifs is 1. The highest BCUT2D eigenvalue weighted by Crippen LogP contribution is 2.18. The molecular formula is C11H16N4. The van der Waals surface area contributed by atoms with Gasteiger partial charge in [0.05, 0.1) is 6.54 Å².